The fourth-order valence-corrected chi connectivity index (χ4v) is 5.04. The second-order valence-electron chi connectivity index (χ2n) is 7.61. The summed E-state index contributed by atoms with van der Waals surface area (Å²) in [4.78, 5) is 27.1. The number of hydrogen-bond acceptors (Lipinski definition) is 2. The highest BCUT2D eigenvalue weighted by molar-refractivity contribution is 6.23. The van der Waals surface area contributed by atoms with Gasteiger partial charge < -0.3 is 0 Å². The minimum Gasteiger partial charge on any atom is -0.274 e. The summed E-state index contributed by atoms with van der Waals surface area (Å²) in [6.07, 6.45) is -1.71. The highest BCUT2D eigenvalue weighted by Crippen LogP contribution is 2.58. The second-order valence-corrected chi connectivity index (χ2v) is 7.61. The number of amides is 2. The van der Waals surface area contributed by atoms with Crippen molar-refractivity contribution in [2.45, 2.75) is 12.6 Å². The first-order valence-corrected chi connectivity index (χ1v) is 9.18. The Morgan fingerprint density at radius 1 is 0.893 bits per heavy atom. The zero-order chi connectivity index (χ0) is 19.6. The Balaban J connectivity index is 1.50. The van der Waals surface area contributed by atoms with Crippen molar-refractivity contribution in [1.29, 1.82) is 0 Å². The van der Waals surface area contributed by atoms with Crippen molar-refractivity contribution in [1.82, 2.24) is 0 Å². The summed E-state index contributed by atoms with van der Waals surface area (Å²) in [5.41, 5.74) is 1.23. The third-order valence-corrected chi connectivity index (χ3v) is 6.15. The fraction of sp³-hybridized carbons (Fsp3) is 0.273. The van der Waals surface area contributed by atoms with E-state index < -0.39 is 23.6 Å². The minimum atomic E-state index is -4.53. The van der Waals surface area contributed by atoms with Crippen molar-refractivity contribution in [2.75, 3.05) is 4.90 Å². The van der Waals surface area contributed by atoms with E-state index in [0.29, 0.717) is 0 Å². The van der Waals surface area contributed by atoms with E-state index in [1.165, 1.54) is 12.1 Å². The molecule has 0 N–H and O–H groups in total. The van der Waals surface area contributed by atoms with Crippen molar-refractivity contribution in [3.05, 3.63) is 71.8 Å². The molecule has 5 rings (SSSR count). The summed E-state index contributed by atoms with van der Waals surface area (Å²) in [5.74, 6) is -1.85. The number of allylic oxidation sites excluding steroid dienone is 2. The molecule has 1 aliphatic heterocycles. The summed E-state index contributed by atoms with van der Waals surface area (Å²) in [6.45, 7) is 0. The van der Waals surface area contributed by atoms with Crippen LogP contribution in [0.4, 0.5) is 18.9 Å². The molecule has 6 heteroatoms. The molecule has 0 spiro atoms. The quantitative estimate of drug-likeness (QED) is 0.714. The summed E-state index contributed by atoms with van der Waals surface area (Å²) in [5, 5.41) is 0. The van der Waals surface area contributed by atoms with Gasteiger partial charge in [0, 0.05) is 0 Å². The van der Waals surface area contributed by atoms with E-state index in [1.807, 2.05) is 30.3 Å². The van der Waals surface area contributed by atoms with Crippen LogP contribution in [-0.4, -0.2) is 11.8 Å². The van der Waals surface area contributed by atoms with E-state index in [0.717, 1.165) is 34.6 Å². The lowest BCUT2D eigenvalue weighted by molar-refractivity contribution is -0.137. The summed E-state index contributed by atoms with van der Waals surface area (Å²) in [6, 6.07) is 14.2. The second kappa shape index (κ2) is 5.80. The van der Waals surface area contributed by atoms with Gasteiger partial charge in [0.25, 0.3) is 0 Å². The number of imide groups is 1. The van der Waals surface area contributed by atoms with Crippen molar-refractivity contribution < 1.29 is 22.8 Å². The van der Waals surface area contributed by atoms with Crippen molar-refractivity contribution in [3.63, 3.8) is 0 Å². The molecule has 1 saturated heterocycles. The number of carbonyl (C=O) groups excluding carboxylic acids is 2. The lowest BCUT2D eigenvalue weighted by Gasteiger charge is -2.22. The highest BCUT2D eigenvalue weighted by atomic mass is 19.4. The molecule has 2 aromatic carbocycles. The maximum atomic E-state index is 13.1. The smallest absolute Gasteiger partial charge is 0.274 e. The lowest BCUT2D eigenvalue weighted by atomic mass is 9.79. The number of nitrogens with zero attached hydrogens (tertiary/aromatic N) is 1. The molecular weight excluding hydrogens is 367 g/mol. The van der Waals surface area contributed by atoms with Crippen LogP contribution in [0.25, 0.3) is 5.57 Å². The number of alkyl halides is 3. The predicted octanol–water partition coefficient (Wildman–Crippen LogP) is 4.54. The van der Waals surface area contributed by atoms with Crippen molar-refractivity contribution >= 4 is 23.1 Å². The van der Waals surface area contributed by atoms with Gasteiger partial charge in [-0.25, -0.2) is 0 Å². The van der Waals surface area contributed by atoms with Crippen LogP contribution in [0.2, 0.25) is 0 Å². The summed E-state index contributed by atoms with van der Waals surface area (Å²) in [7, 11) is 0. The topological polar surface area (TPSA) is 37.4 Å². The van der Waals surface area contributed by atoms with Gasteiger partial charge >= 0.3 is 6.18 Å². The zero-order valence-corrected chi connectivity index (χ0v) is 14.7. The van der Waals surface area contributed by atoms with Gasteiger partial charge in [-0.3, -0.25) is 14.5 Å². The third-order valence-electron chi connectivity index (χ3n) is 6.15. The number of fused-ring (bicyclic) bond motifs is 5. The summed E-state index contributed by atoms with van der Waals surface area (Å²) < 4.78 is 39.2. The molecule has 28 heavy (non-hydrogen) atoms. The number of halogens is 3. The highest BCUT2D eigenvalue weighted by Gasteiger charge is 2.61. The van der Waals surface area contributed by atoms with Gasteiger partial charge in [0.15, 0.2) is 0 Å². The Morgan fingerprint density at radius 2 is 1.61 bits per heavy atom. The van der Waals surface area contributed by atoms with E-state index in [9.17, 15) is 22.8 Å². The lowest BCUT2D eigenvalue weighted by Crippen LogP contribution is -2.33. The van der Waals surface area contributed by atoms with E-state index in [4.69, 9.17) is 0 Å². The zero-order valence-electron chi connectivity index (χ0n) is 14.7. The number of benzene rings is 2. The maximum absolute atomic E-state index is 13.1. The molecule has 2 aromatic rings. The molecule has 4 atom stereocenters. The van der Waals surface area contributed by atoms with E-state index in [2.05, 4.69) is 6.08 Å². The molecule has 2 bridgehead atoms. The van der Waals surface area contributed by atoms with Gasteiger partial charge in [-0.1, -0.05) is 42.5 Å². The van der Waals surface area contributed by atoms with Crippen LogP contribution >= 0.6 is 0 Å². The molecule has 2 aliphatic carbocycles. The Kier molecular flexibility index (Phi) is 3.57. The average molecular weight is 383 g/mol. The Bertz CT molecular complexity index is 1010. The van der Waals surface area contributed by atoms with Crippen LogP contribution in [0, 0.1) is 23.7 Å². The third kappa shape index (κ3) is 2.37. The molecule has 2 fully saturated rings. The number of carbonyl (C=O) groups is 2. The Morgan fingerprint density at radius 3 is 2.32 bits per heavy atom. The van der Waals surface area contributed by atoms with Gasteiger partial charge in [-0.05, 0) is 47.6 Å². The van der Waals surface area contributed by atoms with Crippen LogP contribution in [0.5, 0.6) is 0 Å². The van der Waals surface area contributed by atoms with Gasteiger partial charge in [0.2, 0.25) is 11.8 Å². The normalized spacial score (nSPS) is 28.7. The molecule has 4 unspecified atom stereocenters. The first-order chi connectivity index (χ1) is 13.4. The molecule has 0 radical (unpaired) electrons. The van der Waals surface area contributed by atoms with E-state index in [-0.39, 0.29) is 29.3 Å². The van der Waals surface area contributed by atoms with Crippen molar-refractivity contribution in [3.8, 4) is 0 Å². The number of hydrogen-bond donors (Lipinski definition) is 0. The van der Waals surface area contributed by atoms with Crippen LogP contribution in [0.15, 0.2) is 60.7 Å². The van der Waals surface area contributed by atoms with Gasteiger partial charge in [0.1, 0.15) is 0 Å². The number of rotatable bonds is 2. The molecule has 0 aromatic heterocycles. The predicted molar refractivity (Wildman–Crippen MR) is 96.9 cm³/mol. The molecule has 1 saturated carbocycles. The standard InChI is InChI=1S/C22H16F3NO2/c23-22(24,25)14-7-4-8-15(11-14)26-20(27)18-13-9-16(12-5-2-1-3-6-12)17(10-13)19(18)21(26)28/h1-9,11,13,17-19H,10H2. The molecule has 3 aliphatic rings. The SMILES string of the molecule is O=C1C2C3C=C(c4ccccc4)C(C3)C2C(=O)N1c1cccc(C(F)(F)F)c1. The van der Waals surface area contributed by atoms with Gasteiger partial charge in [-0.2, -0.15) is 13.2 Å². The molecular formula is C22H16F3NO2. The minimum absolute atomic E-state index is 0.000105. The maximum Gasteiger partial charge on any atom is 0.416 e. The monoisotopic (exact) mass is 383 g/mol. The van der Waals surface area contributed by atoms with Crippen LogP contribution in [0.3, 0.4) is 0 Å². The molecule has 2 amide bonds. The first-order valence-electron chi connectivity index (χ1n) is 9.18. The molecule has 3 nitrogen and oxygen atoms in total. The van der Waals surface area contributed by atoms with Gasteiger partial charge in [-0.15, -0.1) is 0 Å². The number of anilines is 1. The van der Waals surface area contributed by atoms with E-state index >= 15 is 0 Å². The van der Waals surface area contributed by atoms with E-state index in [1.54, 1.807) is 0 Å². The average Bonchev–Trinajstić information content (AvgIpc) is 3.33. The van der Waals surface area contributed by atoms with Crippen LogP contribution in [-0.2, 0) is 15.8 Å². The van der Waals surface area contributed by atoms with Crippen LogP contribution < -0.4 is 4.90 Å². The Hall–Kier alpha value is -2.89. The van der Waals surface area contributed by atoms with Crippen molar-refractivity contribution in [2.24, 2.45) is 23.7 Å². The molecule has 142 valence electrons. The summed E-state index contributed by atoms with van der Waals surface area (Å²) >= 11 is 0. The fourth-order valence-electron chi connectivity index (χ4n) is 5.04. The largest absolute Gasteiger partial charge is 0.416 e. The Labute approximate surface area is 159 Å². The van der Waals surface area contributed by atoms with Gasteiger partial charge in [0.05, 0.1) is 23.1 Å². The van der Waals surface area contributed by atoms with Crippen LogP contribution in [0.1, 0.15) is 17.5 Å². The first kappa shape index (κ1) is 17.2. The molecule has 1 heterocycles.